The van der Waals surface area contributed by atoms with Gasteiger partial charge in [-0.25, -0.2) is 4.79 Å². The number of urea groups is 1. The summed E-state index contributed by atoms with van der Waals surface area (Å²) in [6.45, 7) is 1.25. The molecular weight excluding hydrogens is 358 g/mol. The highest BCUT2D eigenvalue weighted by molar-refractivity contribution is 7.99. The van der Waals surface area contributed by atoms with Gasteiger partial charge in [0.25, 0.3) is 5.91 Å². The number of carbonyl (C=O) groups is 3. The molecule has 0 unspecified atom stereocenters. The van der Waals surface area contributed by atoms with Gasteiger partial charge in [0.2, 0.25) is 5.91 Å². The predicted molar refractivity (Wildman–Crippen MR) is 97.2 cm³/mol. The van der Waals surface area contributed by atoms with E-state index in [1.807, 2.05) is 0 Å². The number of benzene rings is 1. The molecule has 2 saturated heterocycles. The van der Waals surface area contributed by atoms with E-state index in [0.717, 1.165) is 10.7 Å². The van der Waals surface area contributed by atoms with Crippen LogP contribution >= 0.6 is 11.8 Å². The number of ether oxygens (including phenoxy) is 1. The Morgan fingerprint density at radius 1 is 1.42 bits per heavy atom. The molecule has 1 aromatic rings. The highest BCUT2D eigenvalue weighted by Crippen LogP contribution is 2.33. The van der Waals surface area contributed by atoms with Gasteiger partial charge in [0.05, 0.1) is 6.54 Å². The second kappa shape index (κ2) is 7.55. The van der Waals surface area contributed by atoms with E-state index in [0.29, 0.717) is 23.6 Å². The molecule has 26 heavy (non-hydrogen) atoms. The third kappa shape index (κ3) is 3.94. The molecular formula is C17H21N3O5S. The van der Waals surface area contributed by atoms with Crippen molar-refractivity contribution in [1.82, 2.24) is 10.2 Å². The molecule has 140 valence electrons. The fourth-order valence-electron chi connectivity index (χ4n) is 2.97. The third-order valence-corrected chi connectivity index (χ3v) is 5.47. The van der Waals surface area contributed by atoms with Crippen LogP contribution in [0.3, 0.4) is 0 Å². The van der Waals surface area contributed by atoms with Gasteiger partial charge in [-0.15, -0.1) is 0 Å². The number of rotatable bonds is 6. The van der Waals surface area contributed by atoms with Gasteiger partial charge in [-0.3, -0.25) is 14.5 Å². The normalized spacial score (nSPS) is 23.2. The Morgan fingerprint density at radius 2 is 2.15 bits per heavy atom. The van der Waals surface area contributed by atoms with Crippen LogP contribution in [0.2, 0.25) is 0 Å². The van der Waals surface area contributed by atoms with Crippen LogP contribution in [0.4, 0.5) is 10.5 Å². The lowest BCUT2D eigenvalue weighted by Crippen LogP contribution is -2.47. The molecule has 0 aromatic heterocycles. The van der Waals surface area contributed by atoms with E-state index >= 15 is 0 Å². The van der Waals surface area contributed by atoms with Crippen molar-refractivity contribution in [3.63, 3.8) is 0 Å². The van der Waals surface area contributed by atoms with E-state index in [2.05, 4.69) is 10.6 Å². The standard InChI is InChI=1S/C17H21N3O5S/c1-11(21)18-12-2-4-14(5-3-12)25-9-13(22)8-20-15(23)17(19-16(20)24)6-7-26-10-17/h2-5,13,22H,6-10H2,1H3,(H,18,21)(H,19,24)/t13-,17-/m1/s1. The first-order valence-electron chi connectivity index (χ1n) is 8.30. The largest absolute Gasteiger partial charge is 0.491 e. The summed E-state index contributed by atoms with van der Waals surface area (Å²) < 4.78 is 5.49. The Balaban J connectivity index is 1.51. The molecule has 0 saturated carbocycles. The second-order valence-corrected chi connectivity index (χ2v) is 7.51. The van der Waals surface area contributed by atoms with Crippen LogP contribution in [0.1, 0.15) is 13.3 Å². The molecule has 2 aliphatic heterocycles. The zero-order valence-corrected chi connectivity index (χ0v) is 15.2. The first-order chi connectivity index (χ1) is 12.4. The van der Waals surface area contributed by atoms with E-state index < -0.39 is 17.7 Å². The number of aliphatic hydroxyl groups is 1. The molecule has 0 aliphatic carbocycles. The molecule has 1 spiro atoms. The summed E-state index contributed by atoms with van der Waals surface area (Å²) in [7, 11) is 0. The average Bonchev–Trinajstić information content (AvgIpc) is 3.15. The number of nitrogens with one attached hydrogen (secondary N) is 2. The monoisotopic (exact) mass is 379 g/mol. The van der Waals surface area contributed by atoms with Gasteiger partial charge in [-0.2, -0.15) is 11.8 Å². The first kappa shape index (κ1) is 18.5. The zero-order valence-electron chi connectivity index (χ0n) is 14.4. The summed E-state index contributed by atoms with van der Waals surface area (Å²) in [6.07, 6.45) is -0.379. The highest BCUT2D eigenvalue weighted by Gasteiger charge is 2.53. The molecule has 1 aromatic carbocycles. The number of carbonyl (C=O) groups excluding carboxylic acids is 3. The zero-order chi connectivity index (χ0) is 18.7. The first-order valence-corrected chi connectivity index (χ1v) is 9.45. The summed E-state index contributed by atoms with van der Waals surface area (Å²) >= 11 is 1.63. The maximum Gasteiger partial charge on any atom is 0.325 e. The summed E-state index contributed by atoms with van der Waals surface area (Å²) in [5.41, 5.74) is -0.161. The number of nitrogens with zero attached hydrogens (tertiary/aromatic N) is 1. The van der Waals surface area contributed by atoms with E-state index in [4.69, 9.17) is 4.74 Å². The molecule has 3 rings (SSSR count). The minimum atomic E-state index is -0.996. The molecule has 8 nitrogen and oxygen atoms in total. The van der Waals surface area contributed by atoms with Crippen LogP contribution in [0.15, 0.2) is 24.3 Å². The van der Waals surface area contributed by atoms with E-state index in [9.17, 15) is 19.5 Å². The topological polar surface area (TPSA) is 108 Å². The van der Waals surface area contributed by atoms with Gasteiger partial charge in [0, 0.05) is 18.4 Å². The molecule has 3 N–H and O–H groups in total. The predicted octanol–water partition coefficient (Wildman–Crippen LogP) is 0.812. The number of β-amino-alcohol motifs (C(OH)–C–C–N with tert-alkyl or cyclic N) is 1. The summed E-state index contributed by atoms with van der Waals surface area (Å²) in [6, 6.07) is 6.23. The summed E-state index contributed by atoms with van der Waals surface area (Å²) in [4.78, 5) is 36.6. The molecule has 2 atom stereocenters. The number of thioether (sulfide) groups is 1. The second-order valence-electron chi connectivity index (χ2n) is 6.40. The Bertz CT molecular complexity index is 703. The number of aliphatic hydroxyl groups excluding tert-OH is 1. The minimum Gasteiger partial charge on any atom is -0.491 e. The van der Waals surface area contributed by atoms with Crippen LogP contribution < -0.4 is 15.4 Å². The van der Waals surface area contributed by atoms with E-state index in [1.54, 1.807) is 36.0 Å². The minimum absolute atomic E-state index is 0.0572. The number of imide groups is 1. The van der Waals surface area contributed by atoms with Gasteiger partial charge in [-0.05, 0) is 36.4 Å². The van der Waals surface area contributed by atoms with Gasteiger partial charge >= 0.3 is 6.03 Å². The van der Waals surface area contributed by atoms with Crippen LogP contribution in [0, 0.1) is 0 Å². The molecule has 0 radical (unpaired) electrons. The summed E-state index contributed by atoms with van der Waals surface area (Å²) in [5, 5.41) is 15.6. The average molecular weight is 379 g/mol. The summed E-state index contributed by atoms with van der Waals surface area (Å²) in [5.74, 6) is 1.48. The van der Waals surface area contributed by atoms with Crippen LogP contribution in [0.5, 0.6) is 5.75 Å². The van der Waals surface area contributed by atoms with Gasteiger partial charge in [0.1, 0.15) is 24.0 Å². The van der Waals surface area contributed by atoms with Crippen molar-refractivity contribution in [3.05, 3.63) is 24.3 Å². The van der Waals surface area contributed by atoms with Crippen molar-refractivity contribution in [2.75, 3.05) is 30.0 Å². The van der Waals surface area contributed by atoms with Crippen molar-refractivity contribution in [1.29, 1.82) is 0 Å². The van der Waals surface area contributed by atoms with E-state index in [1.165, 1.54) is 6.92 Å². The lowest BCUT2D eigenvalue weighted by Gasteiger charge is -2.21. The number of amides is 4. The Kier molecular flexibility index (Phi) is 5.38. The highest BCUT2D eigenvalue weighted by atomic mass is 32.2. The van der Waals surface area contributed by atoms with Gasteiger partial charge < -0.3 is 20.5 Å². The number of hydrogen-bond acceptors (Lipinski definition) is 6. The SMILES string of the molecule is CC(=O)Nc1ccc(OC[C@H](O)CN2C(=O)N[C@@]3(CCSC3)C2=O)cc1. The lowest BCUT2D eigenvalue weighted by molar-refractivity contribution is -0.131. The van der Waals surface area contributed by atoms with Crippen molar-refractivity contribution in [3.8, 4) is 5.75 Å². The third-order valence-electron chi connectivity index (χ3n) is 4.28. The number of anilines is 1. The fourth-order valence-corrected chi connectivity index (χ4v) is 4.29. The van der Waals surface area contributed by atoms with Crippen molar-refractivity contribution in [2.24, 2.45) is 0 Å². The lowest BCUT2D eigenvalue weighted by atomic mass is 9.99. The van der Waals surface area contributed by atoms with Gasteiger partial charge in [-0.1, -0.05) is 0 Å². The van der Waals surface area contributed by atoms with Crippen LogP contribution in [-0.2, 0) is 9.59 Å². The van der Waals surface area contributed by atoms with E-state index in [-0.39, 0.29) is 25.0 Å². The Morgan fingerprint density at radius 3 is 2.77 bits per heavy atom. The van der Waals surface area contributed by atoms with Crippen LogP contribution in [-0.4, -0.2) is 64.2 Å². The number of hydrogen-bond donors (Lipinski definition) is 3. The van der Waals surface area contributed by atoms with Crippen molar-refractivity contribution in [2.45, 2.75) is 25.0 Å². The van der Waals surface area contributed by atoms with Crippen LogP contribution in [0.25, 0.3) is 0 Å². The fraction of sp³-hybridized carbons (Fsp3) is 0.471. The Labute approximate surface area is 155 Å². The molecule has 0 bridgehead atoms. The smallest absolute Gasteiger partial charge is 0.325 e. The quantitative estimate of drug-likeness (QED) is 0.632. The molecule has 2 heterocycles. The maximum atomic E-state index is 12.5. The molecule has 2 aliphatic rings. The maximum absolute atomic E-state index is 12.5. The Hall–Kier alpha value is -2.26. The molecule has 9 heteroatoms. The van der Waals surface area contributed by atoms with Crippen molar-refractivity contribution >= 4 is 35.3 Å². The van der Waals surface area contributed by atoms with Gasteiger partial charge in [0.15, 0.2) is 0 Å². The van der Waals surface area contributed by atoms with Crippen molar-refractivity contribution < 1.29 is 24.2 Å². The molecule has 4 amide bonds. The molecule has 2 fully saturated rings.